The molecule has 0 atom stereocenters. The van der Waals surface area contributed by atoms with Crippen LogP contribution in [0.1, 0.15) is 15.9 Å². The van der Waals surface area contributed by atoms with Gasteiger partial charge in [0.05, 0.1) is 17.2 Å². The first-order valence-corrected chi connectivity index (χ1v) is 5.61. The number of nitriles is 1. The molecular formula is C13H11N5O2. The zero-order valence-electron chi connectivity index (χ0n) is 10.3. The van der Waals surface area contributed by atoms with Gasteiger partial charge in [0.1, 0.15) is 5.82 Å². The van der Waals surface area contributed by atoms with Crippen molar-refractivity contribution in [2.45, 2.75) is 0 Å². The van der Waals surface area contributed by atoms with Crippen LogP contribution in [0.15, 0.2) is 30.3 Å². The smallest absolute Gasteiger partial charge is 0.317 e. The van der Waals surface area contributed by atoms with Gasteiger partial charge in [-0.15, -0.1) is 0 Å². The predicted octanol–water partition coefficient (Wildman–Crippen LogP) is 1.14. The van der Waals surface area contributed by atoms with Gasteiger partial charge in [0, 0.05) is 5.69 Å². The summed E-state index contributed by atoms with van der Waals surface area (Å²) < 4.78 is 0. The molecular weight excluding hydrogens is 258 g/mol. The Labute approximate surface area is 114 Å². The predicted molar refractivity (Wildman–Crippen MR) is 72.7 cm³/mol. The van der Waals surface area contributed by atoms with Crippen LogP contribution in [0.5, 0.6) is 0 Å². The Morgan fingerprint density at radius 2 is 1.85 bits per heavy atom. The number of carbonyl (C=O) groups excluding carboxylic acids is 2. The number of hydrogen-bond donors (Lipinski definition) is 4. The SMILES string of the molecule is N#Cc1ccc(-c2cc(C(N)=O)c(NC(N)=O)[nH]2)cc1. The number of aromatic amines is 1. The first kappa shape index (κ1) is 13.2. The van der Waals surface area contributed by atoms with Crippen molar-refractivity contribution in [2.75, 3.05) is 5.32 Å². The molecule has 7 heteroatoms. The van der Waals surface area contributed by atoms with E-state index in [1.54, 1.807) is 24.3 Å². The highest BCUT2D eigenvalue weighted by molar-refractivity contribution is 6.02. The fourth-order valence-electron chi connectivity index (χ4n) is 1.75. The lowest BCUT2D eigenvalue weighted by Gasteiger charge is -2.00. The van der Waals surface area contributed by atoms with Crippen molar-refractivity contribution in [3.05, 3.63) is 41.5 Å². The van der Waals surface area contributed by atoms with Gasteiger partial charge in [-0.3, -0.25) is 10.1 Å². The molecule has 1 heterocycles. The van der Waals surface area contributed by atoms with Crippen LogP contribution in [-0.2, 0) is 0 Å². The second-order valence-corrected chi connectivity index (χ2v) is 4.01. The van der Waals surface area contributed by atoms with Gasteiger partial charge in [-0.05, 0) is 23.8 Å². The molecule has 2 rings (SSSR count). The van der Waals surface area contributed by atoms with E-state index in [9.17, 15) is 9.59 Å². The summed E-state index contributed by atoms with van der Waals surface area (Å²) in [5.41, 5.74) is 12.2. The lowest BCUT2D eigenvalue weighted by Crippen LogP contribution is -2.22. The van der Waals surface area contributed by atoms with Gasteiger partial charge in [-0.25, -0.2) is 4.79 Å². The van der Waals surface area contributed by atoms with Crippen LogP contribution in [-0.4, -0.2) is 16.9 Å². The van der Waals surface area contributed by atoms with Crippen molar-refractivity contribution < 1.29 is 9.59 Å². The van der Waals surface area contributed by atoms with Crippen LogP contribution in [0.3, 0.4) is 0 Å². The molecule has 100 valence electrons. The van der Waals surface area contributed by atoms with Gasteiger partial charge in [-0.2, -0.15) is 5.26 Å². The second kappa shape index (κ2) is 5.16. The van der Waals surface area contributed by atoms with E-state index in [2.05, 4.69) is 10.3 Å². The van der Waals surface area contributed by atoms with Gasteiger partial charge < -0.3 is 16.5 Å². The Bertz CT molecular complexity index is 709. The van der Waals surface area contributed by atoms with E-state index in [0.717, 1.165) is 5.56 Å². The first-order valence-electron chi connectivity index (χ1n) is 5.61. The molecule has 0 bridgehead atoms. The maximum atomic E-state index is 11.3. The van der Waals surface area contributed by atoms with Crippen LogP contribution in [0.2, 0.25) is 0 Å². The molecule has 0 saturated carbocycles. The zero-order valence-corrected chi connectivity index (χ0v) is 10.3. The number of anilines is 1. The molecule has 0 spiro atoms. The normalized spacial score (nSPS) is 9.75. The Morgan fingerprint density at radius 1 is 1.20 bits per heavy atom. The first-order chi connectivity index (χ1) is 9.51. The standard InChI is InChI=1S/C13H11N5O2/c14-6-7-1-3-8(4-2-7)10-5-9(11(15)19)12(17-10)18-13(16)20/h1-5,17H,(H2,15,19)(H3,16,18,20). The Balaban J connectivity index is 2.44. The highest BCUT2D eigenvalue weighted by Crippen LogP contribution is 2.25. The average Bonchev–Trinajstić information content (AvgIpc) is 2.82. The molecule has 6 N–H and O–H groups in total. The lowest BCUT2D eigenvalue weighted by molar-refractivity contribution is 0.100. The molecule has 0 fully saturated rings. The van der Waals surface area contributed by atoms with E-state index in [1.807, 2.05) is 6.07 Å². The van der Waals surface area contributed by atoms with Crippen molar-refractivity contribution in [1.82, 2.24) is 4.98 Å². The van der Waals surface area contributed by atoms with Crippen LogP contribution >= 0.6 is 0 Å². The largest absolute Gasteiger partial charge is 0.365 e. The maximum absolute atomic E-state index is 11.3. The number of hydrogen-bond acceptors (Lipinski definition) is 3. The molecule has 0 saturated heterocycles. The highest BCUT2D eigenvalue weighted by Gasteiger charge is 2.15. The number of benzene rings is 1. The summed E-state index contributed by atoms with van der Waals surface area (Å²) >= 11 is 0. The van der Waals surface area contributed by atoms with Crippen LogP contribution in [0.25, 0.3) is 11.3 Å². The van der Waals surface area contributed by atoms with Gasteiger partial charge in [0.25, 0.3) is 5.91 Å². The molecule has 0 aliphatic carbocycles. The second-order valence-electron chi connectivity index (χ2n) is 4.01. The van der Waals surface area contributed by atoms with E-state index < -0.39 is 11.9 Å². The molecule has 0 aliphatic rings. The molecule has 1 aromatic carbocycles. The number of primary amides is 2. The third-order valence-corrected chi connectivity index (χ3v) is 2.66. The number of H-pyrrole nitrogens is 1. The summed E-state index contributed by atoms with van der Waals surface area (Å²) in [6.45, 7) is 0. The summed E-state index contributed by atoms with van der Waals surface area (Å²) in [6, 6.07) is 9.42. The number of carbonyl (C=O) groups is 2. The number of urea groups is 1. The zero-order chi connectivity index (χ0) is 14.7. The molecule has 2 aromatic rings. The molecule has 7 nitrogen and oxygen atoms in total. The van der Waals surface area contributed by atoms with E-state index in [-0.39, 0.29) is 11.4 Å². The van der Waals surface area contributed by atoms with Gasteiger partial charge in [-0.1, -0.05) is 12.1 Å². The summed E-state index contributed by atoms with van der Waals surface area (Å²) in [5, 5.41) is 11.0. The molecule has 3 amide bonds. The third-order valence-electron chi connectivity index (χ3n) is 2.66. The van der Waals surface area contributed by atoms with Gasteiger partial charge in [0.15, 0.2) is 0 Å². The van der Waals surface area contributed by atoms with E-state index in [0.29, 0.717) is 11.3 Å². The average molecular weight is 269 g/mol. The lowest BCUT2D eigenvalue weighted by atomic mass is 10.1. The molecule has 0 unspecified atom stereocenters. The minimum atomic E-state index is -0.805. The molecule has 1 aromatic heterocycles. The van der Waals surface area contributed by atoms with Crippen molar-refractivity contribution in [2.24, 2.45) is 11.5 Å². The summed E-state index contributed by atoms with van der Waals surface area (Å²) in [7, 11) is 0. The highest BCUT2D eigenvalue weighted by atomic mass is 16.2. The Morgan fingerprint density at radius 3 is 2.35 bits per heavy atom. The summed E-state index contributed by atoms with van der Waals surface area (Å²) in [6.07, 6.45) is 0. The van der Waals surface area contributed by atoms with Crippen LogP contribution in [0, 0.1) is 11.3 Å². The topological polar surface area (TPSA) is 138 Å². The molecule has 0 aliphatic heterocycles. The number of nitrogens with two attached hydrogens (primary N) is 2. The monoisotopic (exact) mass is 269 g/mol. The van der Waals surface area contributed by atoms with Crippen LogP contribution < -0.4 is 16.8 Å². The number of rotatable bonds is 3. The number of amides is 3. The van der Waals surface area contributed by atoms with Gasteiger partial charge >= 0.3 is 6.03 Å². The van der Waals surface area contributed by atoms with E-state index in [1.165, 1.54) is 6.07 Å². The quantitative estimate of drug-likeness (QED) is 0.664. The molecule has 20 heavy (non-hydrogen) atoms. The number of nitrogens with zero attached hydrogens (tertiary/aromatic N) is 1. The van der Waals surface area contributed by atoms with Crippen molar-refractivity contribution in [1.29, 1.82) is 5.26 Å². The third kappa shape index (κ3) is 2.59. The van der Waals surface area contributed by atoms with Crippen molar-refractivity contribution in [3.63, 3.8) is 0 Å². The van der Waals surface area contributed by atoms with Crippen LogP contribution in [0.4, 0.5) is 10.6 Å². The van der Waals surface area contributed by atoms with E-state index >= 15 is 0 Å². The fraction of sp³-hybridized carbons (Fsp3) is 0. The van der Waals surface area contributed by atoms with Crippen molar-refractivity contribution in [3.8, 4) is 17.3 Å². The van der Waals surface area contributed by atoms with E-state index in [4.69, 9.17) is 16.7 Å². The Kier molecular flexibility index (Phi) is 3.39. The summed E-state index contributed by atoms with van der Waals surface area (Å²) in [4.78, 5) is 25.0. The van der Waals surface area contributed by atoms with Crippen molar-refractivity contribution >= 4 is 17.8 Å². The van der Waals surface area contributed by atoms with Gasteiger partial charge in [0.2, 0.25) is 0 Å². The summed E-state index contributed by atoms with van der Waals surface area (Å²) in [5.74, 6) is -0.547. The number of aromatic nitrogens is 1. The minimum Gasteiger partial charge on any atom is -0.365 e. The maximum Gasteiger partial charge on any atom is 0.317 e. The molecule has 0 radical (unpaired) electrons. The Hall–Kier alpha value is -3.27. The fourth-order valence-corrected chi connectivity index (χ4v) is 1.75. The number of nitrogens with one attached hydrogen (secondary N) is 2. The minimum absolute atomic E-state index is 0.128.